The smallest absolute Gasteiger partial charge is 0.208 e. The number of anilines is 3. The number of methoxy groups -OCH3 is 1. The lowest BCUT2D eigenvalue weighted by atomic mass is 10.2. The van der Waals surface area contributed by atoms with E-state index in [4.69, 9.17) is 21.3 Å². The Hall–Kier alpha value is -2.24. The monoisotopic (exact) mass is 400 g/mol. The van der Waals surface area contributed by atoms with E-state index < -0.39 is 0 Å². The van der Waals surface area contributed by atoms with Gasteiger partial charge in [0.15, 0.2) is 0 Å². The van der Waals surface area contributed by atoms with Crippen molar-refractivity contribution >= 4 is 40.0 Å². The van der Waals surface area contributed by atoms with Gasteiger partial charge in [0.05, 0.1) is 23.3 Å². The molecule has 0 unspecified atom stereocenters. The Labute approximate surface area is 172 Å². The molecule has 3 rings (SSSR count). The molecule has 5 nitrogen and oxygen atoms in total. The molecule has 0 saturated carbocycles. The minimum absolute atomic E-state index is 0.485. The summed E-state index contributed by atoms with van der Waals surface area (Å²) in [6.45, 7) is 7.00. The van der Waals surface area contributed by atoms with Gasteiger partial charge in [-0.25, -0.2) is 4.98 Å². The number of aromatic nitrogens is 2. The first-order valence-electron chi connectivity index (χ1n) is 9.83. The highest BCUT2D eigenvalue weighted by atomic mass is 35.5. The lowest BCUT2D eigenvalue weighted by Gasteiger charge is -2.25. The second-order valence-electron chi connectivity index (χ2n) is 6.99. The summed E-state index contributed by atoms with van der Waals surface area (Å²) in [6, 6.07) is 12.1. The SMILES string of the molecule is CCCN(CCC)c1cccc2nc(Nc3ccc(Cl)cc3COC)n(C)c12. The molecule has 28 heavy (non-hydrogen) atoms. The highest BCUT2D eigenvalue weighted by Gasteiger charge is 2.16. The molecule has 0 radical (unpaired) electrons. The maximum atomic E-state index is 6.16. The molecular weight excluding hydrogens is 372 g/mol. The van der Waals surface area contributed by atoms with Gasteiger partial charge in [0.2, 0.25) is 5.95 Å². The van der Waals surface area contributed by atoms with Crippen molar-refractivity contribution in [2.24, 2.45) is 7.05 Å². The Morgan fingerprint density at radius 3 is 2.57 bits per heavy atom. The molecule has 0 aliphatic rings. The van der Waals surface area contributed by atoms with Crippen molar-refractivity contribution < 1.29 is 4.74 Å². The molecule has 0 aliphatic heterocycles. The van der Waals surface area contributed by atoms with Crippen LogP contribution in [0.1, 0.15) is 32.3 Å². The van der Waals surface area contributed by atoms with Crippen LogP contribution in [-0.4, -0.2) is 29.8 Å². The van der Waals surface area contributed by atoms with Crippen molar-refractivity contribution in [1.82, 2.24) is 9.55 Å². The minimum atomic E-state index is 0.485. The molecule has 0 amide bonds. The number of aryl methyl sites for hydroxylation is 1. The first-order chi connectivity index (χ1) is 13.6. The van der Waals surface area contributed by atoms with Crippen LogP contribution in [0.15, 0.2) is 36.4 Å². The van der Waals surface area contributed by atoms with E-state index in [-0.39, 0.29) is 0 Å². The van der Waals surface area contributed by atoms with Crippen LogP contribution < -0.4 is 10.2 Å². The van der Waals surface area contributed by atoms with Crippen molar-refractivity contribution in [3.8, 4) is 0 Å². The van der Waals surface area contributed by atoms with Gasteiger partial charge in [-0.3, -0.25) is 0 Å². The number of fused-ring (bicyclic) bond motifs is 1. The van der Waals surface area contributed by atoms with Crippen LogP contribution in [0, 0.1) is 0 Å². The summed E-state index contributed by atoms with van der Waals surface area (Å²) >= 11 is 6.16. The molecule has 0 spiro atoms. The highest BCUT2D eigenvalue weighted by Crippen LogP contribution is 2.31. The predicted octanol–water partition coefficient (Wildman–Crippen LogP) is 5.74. The van der Waals surface area contributed by atoms with Gasteiger partial charge in [-0.05, 0) is 43.2 Å². The van der Waals surface area contributed by atoms with E-state index in [1.165, 1.54) is 5.69 Å². The lowest BCUT2D eigenvalue weighted by Crippen LogP contribution is -2.25. The number of nitrogens with zero attached hydrogens (tertiary/aromatic N) is 3. The molecule has 1 heterocycles. The van der Waals surface area contributed by atoms with E-state index in [9.17, 15) is 0 Å². The number of hydrogen-bond donors (Lipinski definition) is 1. The normalized spacial score (nSPS) is 11.2. The molecule has 3 aromatic rings. The van der Waals surface area contributed by atoms with Gasteiger partial charge in [0, 0.05) is 43.5 Å². The Balaban J connectivity index is 2.03. The molecule has 1 N–H and O–H groups in total. The summed E-state index contributed by atoms with van der Waals surface area (Å²) in [5.74, 6) is 0.801. The third kappa shape index (κ3) is 4.26. The fourth-order valence-electron chi connectivity index (χ4n) is 3.59. The average Bonchev–Trinajstić information content (AvgIpc) is 3.00. The Morgan fingerprint density at radius 2 is 1.89 bits per heavy atom. The van der Waals surface area contributed by atoms with Gasteiger partial charge in [0.1, 0.15) is 0 Å². The number of halogens is 1. The number of para-hydroxylation sites is 1. The highest BCUT2D eigenvalue weighted by molar-refractivity contribution is 6.30. The zero-order valence-corrected chi connectivity index (χ0v) is 17.9. The Morgan fingerprint density at radius 1 is 1.14 bits per heavy atom. The van der Waals surface area contributed by atoms with Crippen LogP contribution in [0.3, 0.4) is 0 Å². The minimum Gasteiger partial charge on any atom is -0.380 e. The van der Waals surface area contributed by atoms with E-state index in [0.29, 0.717) is 11.6 Å². The number of rotatable bonds is 9. The number of hydrogen-bond acceptors (Lipinski definition) is 4. The standard InChI is InChI=1S/C22H29ClN4O/c1-5-12-27(13-6-2)20-9-7-8-19-21(20)26(3)22(25-19)24-18-11-10-17(23)14-16(18)15-28-4/h7-11,14H,5-6,12-13,15H2,1-4H3,(H,24,25). The van der Waals surface area contributed by atoms with E-state index >= 15 is 0 Å². The molecule has 0 bridgehead atoms. The topological polar surface area (TPSA) is 42.3 Å². The second kappa shape index (κ2) is 9.30. The van der Waals surface area contributed by atoms with Crippen molar-refractivity contribution in [2.45, 2.75) is 33.3 Å². The van der Waals surface area contributed by atoms with Crippen molar-refractivity contribution in [3.63, 3.8) is 0 Å². The van der Waals surface area contributed by atoms with Crippen molar-refractivity contribution in [1.29, 1.82) is 0 Å². The van der Waals surface area contributed by atoms with Crippen molar-refractivity contribution in [3.05, 3.63) is 47.0 Å². The Bertz CT molecular complexity index is 932. The number of ether oxygens (including phenoxy) is 1. The zero-order valence-electron chi connectivity index (χ0n) is 17.1. The third-order valence-electron chi connectivity index (χ3n) is 4.81. The fraction of sp³-hybridized carbons (Fsp3) is 0.409. The second-order valence-corrected chi connectivity index (χ2v) is 7.42. The van der Waals surface area contributed by atoms with Crippen molar-refractivity contribution in [2.75, 3.05) is 30.4 Å². The van der Waals surface area contributed by atoms with Crippen LogP contribution in [0.2, 0.25) is 5.02 Å². The van der Waals surface area contributed by atoms with Gasteiger partial charge in [-0.15, -0.1) is 0 Å². The third-order valence-corrected chi connectivity index (χ3v) is 5.05. The predicted molar refractivity (Wildman–Crippen MR) is 119 cm³/mol. The van der Waals surface area contributed by atoms with Crippen LogP contribution in [-0.2, 0) is 18.4 Å². The van der Waals surface area contributed by atoms with Crippen LogP contribution in [0.25, 0.3) is 11.0 Å². The molecule has 150 valence electrons. The summed E-state index contributed by atoms with van der Waals surface area (Å²) in [5.41, 5.74) is 5.32. The summed E-state index contributed by atoms with van der Waals surface area (Å²) in [5, 5.41) is 4.16. The summed E-state index contributed by atoms with van der Waals surface area (Å²) < 4.78 is 7.46. The fourth-order valence-corrected chi connectivity index (χ4v) is 3.78. The van der Waals surface area contributed by atoms with E-state index in [2.05, 4.69) is 53.9 Å². The molecule has 0 saturated heterocycles. The zero-order chi connectivity index (χ0) is 20.1. The largest absolute Gasteiger partial charge is 0.380 e. The molecule has 0 fully saturated rings. The molecule has 0 atom stereocenters. The van der Waals surface area contributed by atoms with Crippen LogP contribution in [0.4, 0.5) is 17.3 Å². The molecular formula is C22H29ClN4O. The lowest BCUT2D eigenvalue weighted by molar-refractivity contribution is 0.185. The molecule has 1 aromatic heterocycles. The summed E-state index contributed by atoms with van der Waals surface area (Å²) in [4.78, 5) is 7.30. The first kappa shape index (κ1) is 20.5. The van der Waals surface area contributed by atoms with Gasteiger partial charge < -0.3 is 19.5 Å². The maximum absolute atomic E-state index is 6.16. The molecule has 0 aliphatic carbocycles. The van der Waals surface area contributed by atoms with Gasteiger partial charge in [-0.2, -0.15) is 0 Å². The van der Waals surface area contributed by atoms with E-state index in [0.717, 1.165) is 54.2 Å². The molecule has 6 heteroatoms. The number of nitrogens with one attached hydrogen (secondary N) is 1. The summed E-state index contributed by atoms with van der Waals surface area (Å²) in [7, 11) is 3.74. The summed E-state index contributed by atoms with van der Waals surface area (Å²) in [6.07, 6.45) is 2.23. The van der Waals surface area contributed by atoms with Crippen LogP contribution in [0.5, 0.6) is 0 Å². The van der Waals surface area contributed by atoms with Gasteiger partial charge in [-0.1, -0.05) is 31.5 Å². The van der Waals surface area contributed by atoms with E-state index in [1.807, 2.05) is 18.2 Å². The first-order valence-corrected chi connectivity index (χ1v) is 10.2. The van der Waals surface area contributed by atoms with Crippen LogP contribution >= 0.6 is 11.6 Å². The maximum Gasteiger partial charge on any atom is 0.208 e. The number of benzene rings is 2. The quantitative estimate of drug-likeness (QED) is 0.497. The Kier molecular flexibility index (Phi) is 6.81. The molecule has 2 aromatic carbocycles. The van der Waals surface area contributed by atoms with E-state index in [1.54, 1.807) is 7.11 Å². The average molecular weight is 401 g/mol. The van der Waals surface area contributed by atoms with Gasteiger partial charge in [0.25, 0.3) is 0 Å². The number of imidazole rings is 1. The van der Waals surface area contributed by atoms with Gasteiger partial charge >= 0.3 is 0 Å².